The SMILES string of the molecule is CC(C)C1CCC(CCCC2(CCN)C(=O)N(CC3=NCCN3)Cc3cc(C#N)ccc32)CC1. The predicted molar refractivity (Wildman–Crippen MR) is 136 cm³/mol. The van der Waals surface area contributed by atoms with Gasteiger partial charge in [0, 0.05) is 13.1 Å². The molecule has 1 saturated carbocycles. The largest absolute Gasteiger partial charge is 0.370 e. The average Bonchev–Trinajstić information content (AvgIpc) is 3.35. The summed E-state index contributed by atoms with van der Waals surface area (Å²) in [6, 6.07) is 8.13. The zero-order chi connectivity index (χ0) is 24.1. The fourth-order valence-corrected chi connectivity index (χ4v) is 6.51. The van der Waals surface area contributed by atoms with E-state index in [2.05, 4.69) is 30.2 Å². The Hall–Kier alpha value is -2.39. The average molecular weight is 464 g/mol. The first-order chi connectivity index (χ1) is 16.5. The number of nitrogens with two attached hydrogens (primary N) is 1. The minimum Gasteiger partial charge on any atom is -0.370 e. The Morgan fingerprint density at radius 2 is 2.06 bits per heavy atom. The number of hydrogen-bond acceptors (Lipinski definition) is 5. The van der Waals surface area contributed by atoms with Gasteiger partial charge in [0.2, 0.25) is 5.91 Å². The molecule has 3 N–H and O–H groups in total. The topological polar surface area (TPSA) is 94.5 Å². The van der Waals surface area contributed by atoms with Crippen LogP contribution < -0.4 is 11.1 Å². The summed E-state index contributed by atoms with van der Waals surface area (Å²) < 4.78 is 0. The second-order valence-corrected chi connectivity index (χ2v) is 10.9. The van der Waals surface area contributed by atoms with E-state index in [1.807, 2.05) is 23.1 Å². The molecule has 2 aliphatic heterocycles. The summed E-state index contributed by atoms with van der Waals surface area (Å²) >= 11 is 0. The van der Waals surface area contributed by atoms with Gasteiger partial charge in [0.1, 0.15) is 5.84 Å². The van der Waals surface area contributed by atoms with Gasteiger partial charge < -0.3 is 16.0 Å². The maximum Gasteiger partial charge on any atom is 0.233 e. The van der Waals surface area contributed by atoms with Crippen molar-refractivity contribution < 1.29 is 4.79 Å². The lowest BCUT2D eigenvalue weighted by Gasteiger charge is -2.44. The lowest BCUT2D eigenvalue weighted by molar-refractivity contribution is -0.139. The number of aliphatic imine (C=N–C) groups is 1. The van der Waals surface area contributed by atoms with E-state index in [4.69, 9.17) is 5.73 Å². The summed E-state index contributed by atoms with van der Waals surface area (Å²) in [6.45, 7) is 7.79. The molecule has 184 valence electrons. The van der Waals surface area contributed by atoms with Gasteiger partial charge >= 0.3 is 0 Å². The van der Waals surface area contributed by atoms with Crippen LogP contribution in [0.25, 0.3) is 0 Å². The molecule has 0 radical (unpaired) electrons. The van der Waals surface area contributed by atoms with Gasteiger partial charge in [-0.05, 0) is 73.2 Å². The Kier molecular flexibility index (Phi) is 7.93. The van der Waals surface area contributed by atoms with Gasteiger partial charge in [-0.2, -0.15) is 5.26 Å². The number of amides is 1. The number of benzene rings is 1. The molecule has 1 atom stereocenters. The molecule has 0 aromatic heterocycles. The molecular formula is C28H41N5O. The fraction of sp³-hybridized carbons (Fsp3) is 0.679. The molecule has 3 aliphatic rings. The van der Waals surface area contributed by atoms with Crippen molar-refractivity contribution in [2.45, 2.75) is 77.2 Å². The third-order valence-corrected chi connectivity index (χ3v) is 8.51. The van der Waals surface area contributed by atoms with Crippen molar-refractivity contribution in [3.05, 3.63) is 34.9 Å². The smallest absolute Gasteiger partial charge is 0.233 e. The second kappa shape index (κ2) is 10.9. The molecule has 1 aromatic carbocycles. The number of carbonyl (C=O) groups is 1. The fourth-order valence-electron chi connectivity index (χ4n) is 6.51. The molecule has 0 spiro atoms. The Balaban J connectivity index is 1.54. The number of nitrogens with one attached hydrogen (secondary N) is 1. The summed E-state index contributed by atoms with van der Waals surface area (Å²) in [5.41, 5.74) is 8.34. The van der Waals surface area contributed by atoms with Crippen LogP contribution >= 0.6 is 0 Å². The number of hydrogen-bond donors (Lipinski definition) is 2. The molecule has 0 saturated heterocycles. The molecule has 1 fully saturated rings. The molecule has 4 rings (SSSR count). The minimum atomic E-state index is -0.607. The number of amidine groups is 1. The molecule has 1 unspecified atom stereocenters. The highest BCUT2D eigenvalue weighted by atomic mass is 16.2. The van der Waals surface area contributed by atoms with Gasteiger partial charge in [-0.1, -0.05) is 45.6 Å². The van der Waals surface area contributed by atoms with E-state index in [0.717, 1.165) is 60.6 Å². The van der Waals surface area contributed by atoms with Crippen molar-refractivity contribution in [2.24, 2.45) is 28.5 Å². The molecule has 34 heavy (non-hydrogen) atoms. The van der Waals surface area contributed by atoms with Crippen molar-refractivity contribution in [3.8, 4) is 6.07 Å². The molecular weight excluding hydrogens is 422 g/mol. The normalized spacial score (nSPS) is 26.7. The second-order valence-electron chi connectivity index (χ2n) is 10.9. The zero-order valence-corrected chi connectivity index (χ0v) is 21.0. The van der Waals surface area contributed by atoms with Crippen LogP contribution in [-0.2, 0) is 16.8 Å². The van der Waals surface area contributed by atoms with E-state index in [-0.39, 0.29) is 5.91 Å². The quantitative estimate of drug-likeness (QED) is 0.576. The van der Waals surface area contributed by atoms with Crippen LogP contribution in [0.3, 0.4) is 0 Å². The maximum absolute atomic E-state index is 14.1. The third-order valence-electron chi connectivity index (χ3n) is 8.51. The van der Waals surface area contributed by atoms with E-state index in [1.165, 1.54) is 32.1 Å². The third kappa shape index (κ3) is 5.15. The van der Waals surface area contributed by atoms with Crippen LogP contribution in [0, 0.1) is 29.1 Å². The summed E-state index contributed by atoms with van der Waals surface area (Å²) in [4.78, 5) is 20.5. The standard InChI is InChI=1S/C28H41N5O/c1-20(2)23-8-5-21(6-9-23)4-3-11-28(12-13-29)25-10-7-22(17-30)16-24(25)18-33(27(28)34)19-26-31-14-15-32-26/h7,10,16,20-21,23H,3-6,8-9,11-15,18-19,29H2,1-2H3,(H,31,32). The van der Waals surface area contributed by atoms with E-state index in [0.29, 0.717) is 31.6 Å². The number of carbonyl (C=O) groups excluding carboxylic acids is 1. The van der Waals surface area contributed by atoms with Crippen LogP contribution in [0.1, 0.15) is 81.9 Å². The van der Waals surface area contributed by atoms with Crippen LogP contribution in [-0.4, -0.2) is 42.8 Å². The first-order valence-electron chi connectivity index (χ1n) is 13.3. The van der Waals surface area contributed by atoms with Gasteiger partial charge in [0.05, 0.1) is 30.1 Å². The first-order valence-corrected chi connectivity index (χ1v) is 13.3. The van der Waals surface area contributed by atoms with E-state index in [1.54, 1.807) is 0 Å². The maximum atomic E-state index is 14.1. The summed E-state index contributed by atoms with van der Waals surface area (Å²) in [6.07, 6.45) is 9.01. The molecule has 1 amide bonds. The van der Waals surface area contributed by atoms with Gasteiger partial charge in [0.15, 0.2) is 0 Å². The van der Waals surface area contributed by atoms with Crippen LogP contribution in [0.2, 0.25) is 0 Å². The lowest BCUT2D eigenvalue weighted by Crippen LogP contribution is -2.54. The van der Waals surface area contributed by atoms with Crippen molar-refractivity contribution in [3.63, 3.8) is 0 Å². The van der Waals surface area contributed by atoms with Crippen LogP contribution in [0.4, 0.5) is 0 Å². The monoisotopic (exact) mass is 463 g/mol. The van der Waals surface area contributed by atoms with E-state index < -0.39 is 5.41 Å². The zero-order valence-electron chi connectivity index (χ0n) is 21.0. The first kappa shape index (κ1) is 24.7. The van der Waals surface area contributed by atoms with Crippen molar-refractivity contribution in [1.82, 2.24) is 10.2 Å². The molecule has 6 heteroatoms. The molecule has 2 heterocycles. The van der Waals surface area contributed by atoms with Gasteiger partial charge in [0.25, 0.3) is 0 Å². The van der Waals surface area contributed by atoms with Gasteiger partial charge in [-0.15, -0.1) is 0 Å². The Morgan fingerprint density at radius 3 is 2.71 bits per heavy atom. The van der Waals surface area contributed by atoms with Crippen molar-refractivity contribution in [2.75, 3.05) is 26.2 Å². The molecule has 6 nitrogen and oxygen atoms in total. The van der Waals surface area contributed by atoms with E-state index >= 15 is 0 Å². The van der Waals surface area contributed by atoms with E-state index in [9.17, 15) is 10.1 Å². The summed E-state index contributed by atoms with van der Waals surface area (Å²) in [5.74, 6) is 3.50. The van der Waals surface area contributed by atoms with Crippen LogP contribution in [0.15, 0.2) is 23.2 Å². The Bertz CT molecular complexity index is 941. The van der Waals surface area contributed by atoms with Gasteiger partial charge in [-0.25, -0.2) is 0 Å². The molecule has 0 bridgehead atoms. The Labute approximate surface area is 205 Å². The highest BCUT2D eigenvalue weighted by molar-refractivity contribution is 5.95. The van der Waals surface area contributed by atoms with Gasteiger partial charge in [-0.3, -0.25) is 9.79 Å². The number of nitrogens with zero attached hydrogens (tertiary/aromatic N) is 3. The highest BCUT2D eigenvalue weighted by Gasteiger charge is 2.46. The predicted octanol–water partition coefficient (Wildman–Crippen LogP) is 4.12. The highest BCUT2D eigenvalue weighted by Crippen LogP contribution is 2.43. The number of nitriles is 1. The van der Waals surface area contributed by atoms with Crippen molar-refractivity contribution in [1.29, 1.82) is 5.26 Å². The van der Waals surface area contributed by atoms with Crippen molar-refractivity contribution >= 4 is 11.7 Å². The Morgan fingerprint density at radius 1 is 1.26 bits per heavy atom. The summed E-state index contributed by atoms with van der Waals surface area (Å²) in [5, 5.41) is 12.8. The minimum absolute atomic E-state index is 0.176. The lowest BCUT2D eigenvalue weighted by atomic mass is 9.67. The molecule has 1 aromatic rings. The summed E-state index contributed by atoms with van der Waals surface area (Å²) in [7, 11) is 0. The number of rotatable bonds is 9. The van der Waals surface area contributed by atoms with Crippen LogP contribution in [0.5, 0.6) is 0 Å². The number of fused-ring (bicyclic) bond motifs is 1. The molecule has 1 aliphatic carbocycles.